The Labute approximate surface area is 127 Å². The first-order chi connectivity index (χ1) is 9.95. The van der Waals surface area contributed by atoms with Gasteiger partial charge in [-0.05, 0) is 44.2 Å². The van der Waals surface area contributed by atoms with Gasteiger partial charge >= 0.3 is 0 Å². The topological polar surface area (TPSA) is 55.1 Å². The zero-order valence-electron chi connectivity index (χ0n) is 11.9. The highest BCUT2D eigenvalue weighted by atomic mass is 32.2. The summed E-state index contributed by atoms with van der Waals surface area (Å²) in [5, 5.41) is 2.44. The van der Waals surface area contributed by atoms with Gasteiger partial charge in [-0.25, -0.2) is 4.39 Å². The van der Waals surface area contributed by atoms with Crippen LogP contribution in [0, 0.1) is 12.7 Å². The van der Waals surface area contributed by atoms with E-state index in [2.05, 4.69) is 5.32 Å². The van der Waals surface area contributed by atoms with Crippen LogP contribution in [0.3, 0.4) is 0 Å². The van der Waals surface area contributed by atoms with Crippen LogP contribution in [-0.4, -0.2) is 11.2 Å². The van der Waals surface area contributed by atoms with E-state index >= 15 is 0 Å². The average Bonchev–Trinajstić information content (AvgIpc) is 2.41. The molecular formula is C16H17FN2OS. The summed E-state index contributed by atoms with van der Waals surface area (Å²) in [6.07, 6.45) is 0. The summed E-state index contributed by atoms with van der Waals surface area (Å²) in [5.74, 6) is -0.590. The predicted octanol–water partition coefficient (Wildman–Crippen LogP) is 3.84. The summed E-state index contributed by atoms with van der Waals surface area (Å²) in [6.45, 7) is 3.83. The van der Waals surface area contributed by atoms with E-state index in [0.29, 0.717) is 5.69 Å². The van der Waals surface area contributed by atoms with Crippen LogP contribution >= 0.6 is 11.8 Å². The molecule has 3 N–H and O–H groups in total. The minimum atomic E-state index is -0.423. The fourth-order valence-corrected chi connectivity index (χ4v) is 2.81. The van der Waals surface area contributed by atoms with Crippen molar-refractivity contribution in [1.29, 1.82) is 0 Å². The Morgan fingerprint density at radius 2 is 2.05 bits per heavy atom. The van der Waals surface area contributed by atoms with Gasteiger partial charge in [-0.1, -0.05) is 17.7 Å². The first kappa shape index (κ1) is 15.4. The summed E-state index contributed by atoms with van der Waals surface area (Å²) in [7, 11) is 0. The second-order valence-corrected chi connectivity index (χ2v) is 6.21. The Morgan fingerprint density at radius 1 is 1.29 bits per heavy atom. The molecule has 2 aromatic rings. The highest BCUT2D eigenvalue weighted by Gasteiger charge is 2.15. The fourth-order valence-electron chi connectivity index (χ4n) is 1.83. The zero-order valence-corrected chi connectivity index (χ0v) is 12.7. The molecule has 0 aliphatic rings. The monoisotopic (exact) mass is 304 g/mol. The van der Waals surface area contributed by atoms with Gasteiger partial charge < -0.3 is 11.1 Å². The Balaban J connectivity index is 2.02. The van der Waals surface area contributed by atoms with Crippen molar-refractivity contribution in [2.24, 2.45) is 0 Å². The summed E-state index contributed by atoms with van der Waals surface area (Å²) in [4.78, 5) is 13.2. The number of nitrogens with one attached hydrogen (secondary N) is 1. The first-order valence-corrected chi connectivity index (χ1v) is 7.43. The molecule has 0 saturated heterocycles. The highest BCUT2D eigenvalue weighted by Crippen LogP contribution is 2.26. The predicted molar refractivity (Wildman–Crippen MR) is 85.9 cm³/mol. The van der Waals surface area contributed by atoms with Crippen molar-refractivity contribution in [3.05, 3.63) is 53.8 Å². The van der Waals surface area contributed by atoms with Crippen LogP contribution in [0.15, 0.2) is 47.4 Å². The number of nitrogen functional groups attached to an aromatic ring is 1. The Bertz CT molecular complexity index is 660. The van der Waals surface area contributed by atoms with Gasteiger partial charge in [0.15, 0.2) is 0 Å². The van der Waals surface area contributed by atoms with Crippen LogP contribution in [0.25, 0.3) is 0 Å². The Hall–Kier alpha value is -2.01. The van der Waals surface area contributed by atoms with Gasteiger partial charge in [0.05, 0.1) is 16.6 Å². The Morgan fingerprint density at radius 3 is 2.71 bits per heavy atom. The molecule has 2 aromatic carbocycles. The van der Waals surface area contributed by atoms with E-state index in [-0.39, 0.29) is 16.8 Å². The Kier molecular flexibility index (Phi) is 4.85. The van der Waals surface area contributed by atoms with Crippen LogP contribution in [0.4, 0.5) is 15.8 Å². The van der Waals surface area contributed by atoms with Crippen LogP contribution in [-0.2, 0) is 4.79 Å². The molecule has 0 fully saturated rings. The van der Waals surface area contributed by atoms with Gasteiger partial charge in [0.1, 0.15) is 5.82 Å². The molecule has 0 bridgehead atoms. The molecular weight excluding hydrogens is 287 g/mol. The largest absolute Gasteiger partial charge is 0.397 e. The molecule has 0 spiro atoms. The van der Waals surface area contributed by atoms with E-state index in [4.69, 9.17) is 5.73 Å². The van der Waals surface area contributed by atoms with Crippen molar-refractivity contribution in [2.75, 3.05) is 11.1 Å². The van der Waals surface area contributed by atoms with Crippen LogP contribution in [0.1, 0.15) is 12.5 Å². The molecule has 0 aromatic heterocycles. The lowest BCUT2D eigenvalue weighted by atomic mass is 10.2. The number of halogens is 1. The minimum absolute atomic E-state index is 0.167. The van der Waals surface area contributed by atoms with E-state index in [1.165, 1.54) is 30.0 Å². The third kappa shape index (κ3) is 4.23. The normalized spacial score (nSPS) is 12.0. The second kappa shape index (κ2) is 6.63. The maximum atomic E-state index is 13.0. The van der Waals surface area contributed by atoms with Crippen molar-refractivity contribution >= 4 is 29.0 Å². The summed E-state index contributed by atoms with van der Waals surface area (Å²) in [6, 6.07) is 11.9. The molecule has 2 rings (SSSR count). The molecule has 0 radical (unpaired) electrons. The lowest BCUT2D eigenvalue weighted by Crippen LogP contribution is -2.23. The van der Waals surface area contributed by atoms with E-state index in [1.54, 1.807) is 0 Å². The SMILES string of the molecule is Cc1cccc(SC(C)C(=O)Nc2ccc(F)cc2N)c1. The number of hydrogen-bond acceptors (Lipinski definition) is 3. The quantitative estimate of drug-likeness (QED) is 0.666. The number of carbonyl (C=O) groups excluding carboxylic acids is 1. The van der Waals surface area contributed by atoms with Gasteiger partial charge in [-0.2, -0.15) is 0 Å². The molecule has 1 amide bonds. The van der Waals surface area contributed by atoms with E-state index in [9.17, 15) is 9.18 Å². The minimum Gasteiger partial charge on any atom is -0.397 e. The molecule has 1 atom stereocenters. The lowest BCUT2D eigenvalue weighted by Gasteiger charge is -2.13. The maximum absolute atomic E-state index is 13.0. The van der Waals surface area contributed by atoms with Gasteiger partial charge in [0.2, 0.25) is 5.91 Å². The molecule has 21 heavy (non-hydrogen) atoms. The number of amides is 1. The van der Waals surface area contributed by atoms with Crippen LogP contribution in [0.2, 0.25) is 0 Å². The number of carbonyl (C=O) groups is 1. The number of benzene rings is 2. The average molecular weight is 304 g/mol. The van der Waals surface area contributed by atoms with E-state index < -0.39 is 5.82 Å². The smallest absolute Gasteiger partial charge is 0.237 e. The molecule has 110 valence electrons. The fraction of sp³-hybridized carbons (Fsp3) is 0.188. The van der Waals surface area contributed by atoms with Crippen molar-refractivity contribution in [3.63, 3.8) is 0 Å². The van der Waals surface area contributed by atoms with Crippen molar-refractivity contribution in [1.82, 2.24) is 0 Å². The molecule has 1 unspecified atom stereocenters. The van der Waals surface area contributed by atoms with Crippen LogP contribution in [0.5, 0.6) is 0 Å². The molecule has 0 aliphatic heterocycles. The number of hydrogen-bond donors (Lipinski definition) is 2. The lowest BCUT2D eigenvalue weighted by molar-refractivity contribution is -0.115. The summed E-state index contributed by atoms with van der Waals surface area (Å²) in [5.41, 5.74) is 7.48. The van der Waals surface area contributed by atoms with Crippen molar-refractivity contribution in [3.8, 4) is 0 Å². The van der Waals surface area contributed by atoms with Gasteiger partial charge in [0, 0.05) is 4.90 Å². The number of nitrogens with two attached hydrogens (primary N) is 1. The van der Waals surface area contributed by atoms with Gasteiger partial charge in [-0.3, -0.25) is 4.79 Å². The summed E-state index contributed by atoms with van der Waals surface area (Å²) >= 11 is 1.47. The number of aryl methyl sites for hydroxylation is 1. The maximum Gasteiger partial charge on any atom is 0.237 e. The standard InChI is InChI=1S/C16H17FN2OS/c1-10-4-3-5-13(8-10)21-11(2)16(20)19-15-7-6-12(17)9-14(15)18/h3-9,11H,18H2,1-2H3,(H,19,20). The third-order valence-electron chi connectivity index (χ3n) is 2.94. The number of thioether (sulfide) groups is 1. The zero-order chi connectivity index (χ0) is 15.4. The molecule has 0 saturated carbocycles. The molecule has 0 aliphatic carbocycles. The molecule has 0 heterocycles. The molecule has 5 heteroatoms. The van der Waals surface area contributed by atoms with Crippen LogP contribution < -0.4 is 11.1 Å². The third-order valence-corrected chi connectivity index (χ3v) is 4.04. The van der Waals surface area contributed by atoms with Gasteiger partial charge in [0.25, 0.3) is 0 Å². The first-order valence-electron chi connectivity index (χ1n) is 6.55. The van der Waals surface area contributed by atoms with E-state index in [0.717, 1.165) is 10.5 Å². The number of rotatable bonds is 4. The number of anilines is 2. The van der Waals surface area contributed by atoms with Gasteiger partial charge in [-0.15, -0.1) is 11.8 Å². The van der Waals surface area contributed by atoms with Crippen molar-refractivity contribution < 1.29 is 9.18 Å². The second-order valence-electron chi connectivity index (χ2n) is 4.80. The highest BCUT2D eigenvalue weighted by molar-refractivity contribution is 8.00. The van der Waals surface area contributed by atoms with Crippen molar-refractivity contribution in [2.45, 2.75) is 24.0 Å². The van der Waals surface area contributed by atoms with E-state index in [1.807, 2.05) is 38.1 Å². The molecule has 3 nitrogen and oxygen atoms in total. The summed E-state index contributed by atoms with van der Waals surface area (Å²) < 4.78 is 13.0.